The minimum atomic E-state index is -0.475. The van der Waals surface area contributed by atoms with Crippen LogP contribution in [0.15, 0.2) is 0 Å². The molecular weight excluding hydrogens is 296 g/mol. The van der Waals surface area contributed by atoms with Gasteiger partial charge in [-0.1, -0.05) is 0 Å². The summed E-state index contributed by atoms with van der Waals surface area (Å²) in [7, 11) is 0. The van der Waals surface area contributed by atoms with Gasteiger partial charge in [0.2, 0.25) is 0 Å². The number of morpholine rings is 1. The van der Waals surface area contributed by atoms with Crippen molar-refractivity contribution >= 4 is 12.0 Å². The number of hydrogen-bond acceptors (Lipinski definition) is 4. The van der Waals surface area contributed by atoms with E-state index in [2.05, 4.69) is 0 Å². The molecule has 0 N–H and O–H groups in total. The zero-order valence-corrected chi connectivity index (χ0v) is 14.6. The van der Waals surface area contributed by atoms with Crippen molar-refractivity contribution in [2.24, 2.45) is 0 Å². The molecule has 0 aromatic heterocycles. The SMILES string of the molecule is C[C@H]1OC2(CCN(C(=O)OC(C)(C)C)CC2)CN(C2CC2)C1=O. The zero-order valence-electron chi connectivity index (χ0n) is 14.6. The first-order chi connectivity index (χ1) is 10.7. The van der Waals surface area contributed by atoms with Crippen molar-refractivity contribution < 1.29 is 19.1 Å². The minimum Gasteiger partial charge on any atom is -0.444 e. The maximum Gasteiger partial charge on any atom is 0.410 e. The number of piperidine rings is 1. The maximum atomic E-state index is 12.3. The monoisotopic (exact) mass is 324 g/mol. The van der Waals surface area contributed by atoms with Gasteiger partial charge in [-0.05, 0) is 53.4 Å². The van der Waals surface area contributed by atoms with Gasteiger partial charge in [-0.2, -0.15) is 0 Å². The second kappa shape index (κ2) is 5.65. The first kappa shape index (κ1) is 16.6. The van der Waals surface area contributed by atoms with Crippen molar-refractivity contribution in [2.45, 2.75) is 76.7 Å². The lowest BCUT2D eigenvalue weighted by Crippen LogP contribution is -2.62. The molecule has 0 aromatic rings. The molecule has 2 heterocycles. The molecule has 3 rings (SSSR count). The van der Waals surface area contributed by atoms with E-state index in [1.807, 2.05) is 32.6 Å². The molecule has 2 aliphatic heterocycles. The highest BCUT2D eigenvalue weighted by molar-refractivity contribution is 5.82. The highest BCUT2D eigenvalue weighted by Gasteiger charge is 2.49. The molecule has 6 heteroatoms. The fourth-order valence-corrected chi connectivity index (χ4v) is 3.48. The molecule has 23 heavy (non-hydrogen) atoms. The van der Waals surface area contributed by atoms with Crippen molar-refractivity contribution in [3.63, 3.8) is 0 Å². The zero-order chi connectivity index (χ0) is 16.8. The summed E-state index contributed by atoms with van der Waals surface area (Å²) in [6, 6.07) is 0.412. The van der Waals surface area contributed by atoms with Crippen LogP contribution in [0.25, 0.3) is 0 Å². The van der Waals surface area contributed by atoms with E-state index in [1.165, 1.54) is 0 Å². The number of rotatable bonds is 1. The predicted octanol–water partition coefficient (Wildman–Crippen LogP) is 2.17. The second-order valence-electron chi connectivity index (χ2n) is 8.11. The molecular formula is C17H28N2O4. The topological polar surface area (TPSA) is 59.1 Å². The fraction of sp³-hybridized carbons (Fsp3) is 0.882. The van der Waals surface area contributed by atoms with Gasteiger partial charge in [0, 0.05) is 19.1 Å². The van der Waals surface area contributed by atoms with Gasteiger partial charge in [0.05, 0.1) is 12.1 Å². The summed E-state index contributed by atoms with van der Waals surface area (Å²) in [5, 5.41) is 0. The van der Waals surface area contributed by atoms with Crippen molar-refractivity contribution in [1.29, 1.82) is 0 Å². The van der Waals surface area contributed by atoms with Gasteiger partial charge in [-0.25, -0.2) is 4.79 Å². The van der Waals surface area contributed by atoms with Crippen LogP contribution in [-0.2, 0) is 14.3 Å². The van der Waals surface area contributed by atoms with Crippen LogP contribution in [-0.4, -0.2) is 64.8 Å². The molecule has 1 saturated carbocycles. The van der Waals surface area contributed by atoms with Crippen LogP contribution in [0.2, 0.25) is 0 Å². The summed E-state index contributed by atoms with van der Waals surface area (Å²) < 4.78 is 11.5. The van der Waals surface area contributed by atoms with E-state index in [4.69, 9.17) is 9.47 Å². The Bertz CT molecular complexity index is 487. The molecule has 6 nitrogen and oxygen atoms in total. The fourth-order valence-electron chi connectivity index (χ4n) is 3.48. The predicted molar refractivity (Wildman–Crippen MR) is 85.1 cm³/mol. The summed E-state index contributed by atoms with van der Waals surface area (Å²) in [5.74, 6) is 0.118. The summed E-state index contributed by atoms with van der Waals surface area (Å²) in [6.07, 6.45) is 3.10. The van der Waals surface area contributed by atoms with Crippen molar-refractivity contribution in [2.75, 3.05) is 19.6 Å². The Morgan fingerprint density at radius 3 is 2.39 bits per heavy atom. The molecule has 1 aliphatic carbocycles. The molecule has 1 spiro atoms. The van der Waals surface area contributed by atoms with Crippen LogP contribution >= 0.6 is 0 Å². The third kappa shape index (κ3) is 3.62. The van der Waals surface area contributed by atoms with Crippen LogP contribution in [0.5, 0.6) is 0 Å². The van der Waals surface area contributed by atoms with E-state index < -0.39 is 5.60 Å². The Balaban J connectivity index is 1.61. The third-order valence-corrected chi connectivity index (χ3v) is 4.83. The van der Waals surface area contributed by atoms with E-state index in [9.17, 15) is 9.59 Å². The summed E-state index contributed by atoms with van der Waals surface area (Å²) in [6.45, 7) is 9.38. The van der Waals surface area contributed by atoms with Gasteiger partial charge < -0.3 is 19.3 Å². The van der Waals surface area contributed by atoms with Gasteiger partial charge in [-0.3, -0.25) is 4.79 Å². The minimum absolute atomic E-state index is 0.118. The summed E-state index contributed by atoms with van der Waals surface area (Å²) in [4.78, 5) is 28.2. The second-order valence-corrected chi connectivity index (χ2v) is 8.11. The number of likely N-dealkylation sites (tertiary alicyclic amines) is 1. The Kier molecular flexibility index (Phi) is 4.07. The quantitative estimate of drug-likeness (QED) is 0.742. The van der Waals surface area contributed by atoms with E-state index in [0.717, 1.165) is 25.7 Å². The normalized spacial score (nSPS) is 28.2. The molecule has 130 valence electrons. The van der Waals surface area contributed by atoms with Crippen LogP contribution in [0, 0.1) is 0 Å². The average Bonchev–Trinajstić information content (AvgIpc) is 3.26. The van der Waals surface area contributed by atoms with Crippen molar-refractivity contribution in [3.05, 3.63) is 0 Å². The number of carbonyl (C=O) groups excluding carboxylic acids is 2. The molecule has 3 aliphatic rings. The van der Waals surface area contributed by atoms with Gasteiger partial charge in [-0.15, -0.1) is 0 Å². The highest BCUT2D eigenvalue weighted by Crippen LogP contribution is 2.38. The number of amides is 2. The Morgan fingerprint density at radius 2 is 1.87 bits per heavy atom. The van der Waals surface area contributed by atoms with E-state index in [1.54, 1.807) is 4.90 Å². The lowest BCUT2D eigenvalue weighted by atomic mass is 9.88. The summed E-state index contributed by atoms with van der Waals surface area (Å²) in [5.41, 5.74) is -0.772. The van der Waals surface area contributed by atoms with Crippen LogP contribution < -0.4 is 0 Å². The van der Waals surface area contributed by atoms with E-state index >= 15 is 0 Å². The standard InChI is InChI=1S/C17H28N2O4/c1-12-14(20)19(13-5-6-13)11-17(22-12)7-9-18(10-8-17)15(21)23-16(2,3)4/h12-13H,5-11H2,1-4H3/t12-/m1/s1. The Morgan fingerprint density at radius 1 is 1.26 bits per heavy atom. The first-order valence-corrected chi connectivity index (χ1v) is 8.65. The van der Waals surface area contributed by atoms with Gasteiger partial charge in [0.25, 0.3) is 5.91 Å². The van der Waals surface area contributed by atoms with Gasteiger partial charge in [0.15, 0.2) is 0 Å². The van der Waals surface area contributed by atoms with Crippen molar-refractivity contribution in [1.82, 2.24) is 9.80 Å². The van der Waals surface area contributed by atoms with Gasteiger partial charge >= 0.3 is 6.09 Å². The average molecular weight is 324 g/mol. The maximum absolute atomic E-state index is 12.3. The Hall–Kier alpha value is -1.30. The molecule has 0 aromatic carbocycles. The third-order valence-electron chi connectivity index (χ3n) is 4.83. The molecule has 2 amide bonds. The van der Waals surface area contributed by atoms with Crippen LogP contribution in [0.3, 0.4) is 0 Å². The Labute approximate surface area is 138 Å². The largest absolute Gasteiger partial charge is 0.444 e. The van der Waals surface area contributed by atoms with Crippen LogP contribution in [0.4, 0.5) is 4.79 Å². The molecule has 0 radical (unpaired) electrons. The molecule has 0 bridgehead atoms. The number of ether oxygens (including phenoxy) is 2. The number of hydrogen-bond donors (Lipinski definition) is 0. The molecule has 0 unspecified atom stereocenters. The van der Waals surface area contributed by atoms with E-state index in [-0.39, 0.29) is 23.7 Å². The lowest BCUT2D eigenvalue weighted by Gasteiger charge is -2.49. The molecule has 3 fully saturated rings. The van der Waals surface area contributed by atoms with E-state index in [0.29, 0.717) is 25.7 Å². The van der Waals surface area contributed by atoms with Crippen molar-refractivity contribution in [3.8, 4) is 0 Å². The lowest BCUT2D eigenvalue weighted by molar-refractivity contribution is -0.190. The highest BCUT2D eigenvalue weighted by atomic mass is 16.6. The molecule has 2 saturated heterocycles. The number of nitrogens with zero attached hydrogens (tertiary/aromatic N) is 2. The molecule has 1 atom stereocenters. The van der Waals surface area contributed by atoms with Gasteiger partial charge in [0.1, 0.15) is 11.7 Å². The summed E-state index contributed by atoms with van der Waals surface area (Å²) >= 11 is 0. The first-order valence-electron chi connectivity index (χ1n) is 8.65. The number of carbonyl (C=O) groups is 2. The van der Waals surface area contributed by atoms with Crippen LogP contribution in [0.1, 0.15) is 53.4 Å². The smallest absolute Gasteiger partial charge is 0.410 e.